The van der Waals surface area contributed by atoms with E-state index in [2.05, 4.69) is 32.6 Å². The molecule has 0 aliphatic rings. The van der Waals surface area contributed by atoms with E-state index in [1.54, 1.807) is 18.7 Å². The molecular weight excluding hydrogens is 168 g/mol. The van der Waals surface area contributed by atoms with Crippen molar-refractivity contribution in [3.63, 3.8) is 0 Å². The minimum absolute atomic E-state index is 0.176. The number of hydrogen-bond donors (Lipinski definition) is 0. The molecule has 0 heterocycles. The molecule has 0 saturated carbocycles. The molecule has 2 heteroatoms. The molecule has 0 bridgehead atoms. The Bertz CT molecular complexity index is 202. The minimum Gasteiger partial charge on any atom is -0.298 e. The first-order valence-electron chi connectivity index (χ1n) is 4.01. The van der Waals surface area contributed by atoms with Crippen molar-refractivity contribution in [1.29, 1.82) is 0 Å². The molecule has 0 saturated heterocycles. The Labute approximate surface area is 79.3 Å². The highest BCUT2D eigenvalue weighted by molar-refractivity contribution is 8.01. The third-order valence-corrected chi connectivity index (χ3v) is 2.46. The van der Waals surface area contributed by atoms with E-state index in [1.165, 1.54) is 0 Å². The predicted molar refractivity (Wildman–Crippen MR) is 55.3 cm³/mol. The Balaban J connectivity index is 3.63. The second-order valence-electron chi connectivity index (χ2n) is 3.54. The van der Waals surface area contributed by atoms with Crippen molar-refractivity contribution in [1.82, 2.24) is 0 Å². The van der Waals surface area contributed by atoms with E-state index in [-0.39, 0.29) is 10.5 Å². The lowest BCUT2D eigenvalue weighted by Gasteiger charge is -2.16. The highest BCUT2D eigenvalue weighted by Crippen LogP contribution is 2.22. The van der Waals surface area contributed by atoms with Crippen LogP contribution in [0.15, 0.2) is 0 Å². The number of ketones is 1. The smallest absolute Gasteiger partial charge is 0.154 e. The van der Waals surface area contributed by atoms with Gasteiger partial charge < -0.3 is 0 Å². The summed E-state index contributed by atoms with van der Waals surface area (Å²) in [6, 6.07) is 0. The van der Waals surface area contributed by atoms with Crippen molar-refractivity contribution in [3.05, 3.63) is 0 Å². The summed E-state index contributed by atoms with van der Waals surface area (Å²) in [5, 5.41) is 0. The summed E-state index contributed by atoms with van der Waals surface area (Å²) in [6.07, 6.45) is 0.402. The maximum atomic E-state index is 11.1. The summed E-state index contributed by atoms with van der Waals surface area (Å²) in [7, 11) is 0. The third kappa shape index (κ3) is 7.68. The fourth-order valence-electron chi connectivity index (χ4n) is 0.535. The average molecular weight is 184 g/mol. The van der Waals surface area contributed by atoms with Gasteiger partial charge in [0.05, 0.1) is 12.2 Å². The quantitative estimate of drug-likeness (QED) is 0.627. The molecule has 12 heavy (non-hydrogen) atoms. The zero-order chi connectivity index (χ0) is 9.61. The molecule has 0 spiro atoms. The van der Waals surface area contributed by atoms with Gasteiger partial charge in [0.25, 0.3) is 0 Å². The van der Waals surface area contributed by atoms with Gasteiger partial charge in [0.1, 0.15) is 0 Å². The number of carbonyl (C=O) groups excluding carboxylic acids is 1. The molecule has 68 valence electrons. The van der Waals surface area contributed by atoms with Crippen LogP contribution in [0.3, 0.4) is 0 Å². The fourth-order valence-corrected chi connectivity index (χ4v) is 1.23. The first kappa shape index (κ1) is 11.6. The number of rotatable bonds is 3. The molecule has 0 aromatic rings. The molecule has 0 radical (unpaired) electrons. The SMILES string of the molecule is CC#CCC(=O)CSC(C)(C)C. The molecule has 0 aromatic carbocycles. The van der Waals surface area contributed by atoms with Crippen LogP contribution in [0.2, 0.25) is 0 Å². The fraction of sp³-hybridized carbons (Fsp3) is 0.700. The van der Waals surface area contributed by atoms with Crippen LogP contribution in [0.25, 0.3) is 0 Å². The average Bonchev–Trinajstić information content (AvgIpc) is 1.95. The molecule has 0 aliphatic heterocycles. The molecule has 0 aliphatic carbocycles. The lowest BCUT2D eigenvalue weighted by atomic mass is 10.3. The van der Waals surface area contributed by atoms with Gasteiger partial charge in [-0.2, -0.15) is 0 Å². The van der Waals surface area contributed by atoms with Crippen LogP contribution in [-0.2, 0) is 4.79 Å². The maximum Gasteiger partial charge on any atom is 0.154 e. The van der Waals surface area contributed by atoms with Crippen LogP contribution in [0, 0.1) is 11.8 Å². The Hall–Kier alpha value is -0.420. The number of carbonyl (C=O) groups is 1. The van der Waals surface area contributed by atoms with Gasteiger partial charge in [-0.15, -0.1) is 17.7 Å². The Kier molecular flexibility index (Phi) is 5.08. The van der Waals surface area contributed by atoms with Gasteiger partial charge in [-0.05, 0) is 6.92 Å². The van der Waals surface area contributed by atoms with Crippen molar-refractivity contribution in [2.75, 3.05) is 5.75 Å². The first-order chi connectivity index (χ1) is 5.45. The van der Waals surface area contributed by atoms with Gasteiger partial charge in [-0.1, -0.05) is 26.7 Å². The van der Waals surface area contributed by atoms with Crippen LogP contribution < -0.4 is 0 Å². The van der Waals surface area contributed by atoms with Crippen LogP contribution in [0.4, 0.5) is 0 Å². The van der Waals surface area contributed by atoms with Gasteiger partial charge in [0, 0.05) is 4.75 Å². The normalized spacial score (nSPS) is 10.3. The monoisotopic (exact) mass is 184 g/mol. The summed E-state index contributed by atoms with van der Waals surface area (Å²) in [6.45, 7) is 8.08. The molecule has 0 amide bonds. The van der Waals surface area contributed by atoms with Crippen molar-refractivity contribution < 1.29 is 4.79 Å². The summed E-state index contributed by atoms with van der Waals surface area (Å²) >= 11 is 1.67. The lowest BCUT2D eigenvalue weighted by Crippen LogP contribution is -2.12. The topological polar surface area (TPSA) is 17.1 Å². The molecule has 0 fully saturated rings. The molecular formula is C10H16OS. The summed E-state index contributed by atoms with van der Waals surface area (Å²) in [4.78, 5) is 11.1. The van der Waals surface area contributed by atoms with Crippen molar-refractivity contribution in [2.24, 2.45) is 0 Å². The molecule has 0 unspecified atom stereocenters. The standard InChI is InChI=1S/C10H16OS/c1-5-6-7-9(11)8-12-10(2,3)4/h7-8H2,1-4H3. The summed E-state index contributed by atoms with van der Waals surface area (Å²) in [5.74, 6) is 6.29. The number of Topliss-reactive ketones (excluding diaryl/α,β-unsaturated/α-hetero) is 1. The highest BCUT2D eigenvalue weighted by Gasteiger charge is 2.12. The largest absolute Gasteiger partial charge is 0.298 e. The van der Waals surface area contributed by atoms with Gasteiger partial charge in [0.15, 0.2) is 5.78 Å². The molecule has 0 N–H and O–H groups in total. The molecule has 0 atom stereocenters. The second kappa shape index (κ2) is 5.27. The zero-order valence-corrected chi connectivity index (χ0v) is 9.05. The number of hydrogen-bond acceptors (Lipinski definition) is 2. The molecule has 0 aromatic heterocycles. The lowest BCUT2D eigenvalue weighted by molar-refractivity contribution is -0.115. The van der Waals surface area contributed by atoms with E-state index in [9.17, 15) is 4.79 Å². The van der Waals surface area contributed by atoms with E-state index in [1.807, 2.05) is 0 Å². The first-order valence-corrected chi connectivity index (χ1v) is 4.99. The Morgan fingerprint density at radius 3 is 2.42 bits per heavy atom. The van der Waals surface area contributed by atoms with Crippen LogP contribution in [-0.4, -0.2) is 16.3 Å². The Morgan fingerprint density at radius 2 is 2.00 bits per heavy atom. The van der Waals surface area contributed by atoms with Crippen LogP contribution in [0.5, 0.6) is 0 Å². The van der Waals surface area contributed by atoms with Gasteiger partial charge in [-0.25, -0.2) is 0 Å². The van der Waals surface area contributed by atoms with E-state index in [0.717, 1.165) is 0 Å². The number of thioether (sulfide) groups is 1. The van der Waals surface area contributed by atoms with E-state index in [0.29, 0.717) is 12.2 Å². The third-order valence-electron chi connectivity index (χ3n) is 1.13. The van der Waals surface area contributed by atoms with Gasteiger partial charge in [0.2, 0.25) is 0 Å². The zero-order valence-electron chi connectivity index (χ0n) is 8.23. The van der Waals surface area contributed by atoms with Crippen LogP contribution in [0.1, 0.15) is 34.1 Å². The molecule has 1 nitrogen and oxygen atoms in total. The predicted octanol–water partition coefficient (Wildman–Crippen LogP) is 2.50. The van der Waals surface area contributed by atoms with E-state index < -0.39 is 0 Å². The van der Waals surface area contributed by atoms with Crippen molar-refractivity contribution in [3.8, 4) is 11.8 Å². The van der Waals surface area contributed by atoms with Gasteiger partial charge >= 0.3 is 0 Å². The van der Waals surface area contributed by atoms with E-state index >= 15 is 0 Å². The minimum atomic E-state index is 0.176. The van der Waals surface area contributed by atoms with Crippen LogP contribution >= 0.6 is 11.8 Å². The highest BCUT2D eigenvalue weighted by atomic mass is 32.2. The maximum absolute atomic E-state index is 11.1. The Morgan fingerprint density at radius 1 is 1.42 bits per heavy atom. The van der Waals surface area contributed by atoms with Crippen molar-refractivity contribution in [2.45, 2.75) is 38.9 Å². The summed E-state index contributed by atoms with van der Waals surface area (Å²) in [5.41, 5.74) is 0. The van der Waals surface area contributed by atoms with Gasteiger partial charge in [-0.3, -0.25) is 4.79 Å². The molecule has 0 rings (SSSR count). The second-order valence-corrected chi connectivity index (χ2v) is 5.35. The van der Waals surface area contributed by atoms with E-state index in [4.69, 9.17) is 0 Å². The van der Waals surface area contributed by atoms with Crippen molar-refractivity contribution >= 4 is 17.5 Å². The summed E-state index contributed by atoms with van der Waals surface area (Å²) < 4.78 is 0.176.